The number of carbonyl (C=O) groups is 1. The number of rotatable bonds is 8. The number of carbonyl (C=O) groups excluding carboxylic acids is 1. The first kappa shape index (κ1) is 20.4. The van der Waals surface area contributed by atoms with Gasteiger partial charge in [-0.3, -0.25) is 0 Å². The van der Waals surface area contributed by atoms with Gasteiger partial charge in [0.25, 0.3) is 0 Å². The van der Waals surface area contributed by atoms with Crippen molar-refractivity contribution in [2.24, 2.45) is 0 Å². The molecule has 0 aliphatic heterocycles. The molecule has 28 heavy (non-hydrogen) atoms. The molecule has 0 unspecified atom stereocenters. The third-order valence-electron chi connectivity index (χ3n) is 5.62. The molecule has 1 aliphatic carbocycles. The summed E-state index contributed by atoms with van der Waals surface area (Å²) in [5.41, 5.74) is 3.45. The molecule has 0 amide bonds. The molecule has 0 bridgehead atoms. The van der Waals surface area contributed by atoms with Crippen molar-refractivity contribution in [2.75, 3.05) is 6.61 Å². The van der Waals surface area contributed by atoms with Gasteiger partial charge >= 0.3 is 5.97 Å². The average Bonchev–Trinajstić information content (AvgIpc) is 2.74. The second-order valence-electron chi connectivity index (χ2n) is 7.68. The predicted octanol–water partition coefficient (Wildman–Crippen LogP) is 6.31. The minimum atomic E-state index is -0.230. The number of unbranched alkanes of at least 4 members (excludes halogenated alkanes) is 1. The molecular formula is C25H32O3. The van der Waals surface area contributed by atoms with Gasteiger partial charge in [-0.15, -0.1) is 0 Å². The van der Waals surface area contributed by atoms with Crippen LogP contribution in [-0.2, 0) is 11.2 Å². The van der Waals surface area contributed by atoms with Gasteiger partial charge in [0.05, 0.1) is 12.2 Å². The van der Waals surface area contributed by atoms with Crippen LogP contribution in [0.25, 0.3) is 0 Å². The quantitative estimate of drug-likeness (QED) is 0.503. The monoisotopic (exact) mass is 380 g/mol. The van der Waals surface area contributed by atoms with E-state index in [9.17, 15) is 4.79 Å². The third kappa shape index (κ3) is 5.60. The summed E-state index contributed by atoms with van der Waals surface area (Å²) in [5.74, 6) is 1.13. The van der Waals surface area contributed by atoms with Gasteiger partial charge in [0, 0.05) is 0 Å². The lowest BCUT2D eigenvalue weighted by atomic mass is 9.82. The minimum absolute atomic E-state index is 0.0270. The van der Waals surface area contributed by atoms with Gasteiger partial charge in [-0.05, 0) is 86.8 Å². The Balaban J connectivity index is 1.47. The van der Waals surface area contributed by atoms with Crippen LogP contribution in [0.1, 0.15) is 79.8 Å². The number of benzene rings is 2. The molecule has 1 aliphatic rings. The van der Waals surface area contributed by atoms with Gasteiger partial charge < -0.3 is 9.47 Å². The first-order valence-electron chi connectivity index (χ1n) is 10.7. The molecule has 0 N–H and O–H groups in total. The molecule has 0 atom stereocenters. The lowest BCUT2D eigenvalue weighted by molar-refractivity contribution is 0.0195. The zero-order valence-corrected chi connectivity index (χ0v) is 17.2. The van der Waals surface area contributed by atoms with Crippen molar-refractivity contribution in [2.45, 2.75) is 70.8 Å². The van der Waals surface area contributed by atoms with Crippen molar-refractivity contribution in [1.82, 2.24) is 0 Å². The van der Waals surface area contributed by atoms with E-state index in [2.05, 4.69) is 31.2 Å². The fraction of sp³-hybridized carbons (Fsp3) is 0.480. The maximum atomic E-state index is 12.4. The highest BCUT2D eigenvalue weighted by atomic mass is 16.5. The molecule has 1 fully saturated rings. The molecule has 0 aromatic heterocycles. The zero-order valence-electron chi connectivity index (χ0n) is 17.2. The summed E-state index contributed by atoms with van der Waals surface area (Å²) in [7, 11) is 0. The fourth-order valence-corrected chi connectivity index (χ4v) is 3.92. The average molecular weight is 381 g/mol. The Morgan fingerprint density at radius 2 is 1.61 bits per heavy atom. The Kier molecular flexibility index (Phi) is 7.53. The molecule has 3 rings (SSSR count). The number of hydrogen-bond acceptors (Lipinski definition) is 3. The Morgan fingerprint density at radius 3 is 2.21 bits per heavy atom. The maximum absolute atomic E-state index is 12.4. The predicted molar refractivity (Wildman–Crippen MR) is 113 cm³/mol. The van der Waals surface area contributed by atoms with E-state index in [4.69, 9.17) is 9.47 Å². The van der Waals surface area contributed by atoms with E-state index in [1.54, 1.807) is 12.1 Å². The smallest absolute Gasteiger partial charge is 0.338 e. The number of esters is 1. The molecule has 3 heteroatoms. The molecule has 150 valence electrons. The molecule has 2 aromatic carbocycles. The number of aryl methyl sites for hydroxylation is 1. The van der Waals surface area contributed by atoms with Gasteiger partial charge in [-0.25, -0.2) is 4.79 Å². The van der Waals surface area contributed by atoms with Crippen LogP contribution in [0.2, 0.25) is 0 Å². The van der Waals surface area contributed by atoms with Crippen LogP contribution in [0.3, 0.4) is 0 Å². The van der Waals surface area contributed by atoms with Crippen LogP contribution < -0.4 is 4.74 Å². The van der Waals surface area contributed by atoms with Crippen molar-refractivity contribution < 1.29 is 14.3 Å². The standard InChI is InChI=1S/C25H32O3/c1-3-5-6-19-7-9-20(10-8-19)21-11-17-24(18-12-21)28-25(26)22-13-15-23(16-14-22)27-4-2/h7-10,13-16,21,24H,3-6,11-12,17-18H2,1-2H3/t21-,24-. The minimum Gasteiger partial charge on any atom is -0.494 e. The van der Waals surface area contributed by atoms with Crippen LogP contribution >= 0.6 is 0 Å². The molecular weight excluding hydrogens is 348 g/mol. The van der Waals surface area contributed by atoms with Crippen molar-refractivity contribution >= 4 is 5.97 Å². The second kappa shape index (κ2) is 10.3. The summed E-state index contributed by atoms with van der Waals surface area (Å²) in [6.45, 7) is 4.80. The first-order valence-corrected chi connectivity index (χ1v) is 10.7. The SMILES string of the molecule is CCCCc1ccc([C@H]2CC[C@H](OC(=O)c3ccc(OCC)cc3)CC2)cc1. The summed E-state index contributed by atoms with van der Waals surface area (Å²) in [4.78, 5) is 12.4. The molecule has 0 heterocycles. The Labute approximate surface area is 169 Å². The summed E-state index contributed by atoms with van der Waals surface area (Å²) >= 11 is 0. The van der Waals surface area contributed by atoms with Crippen molar-refractivity contribution in [3.05, 3.63) is 65.2 Å². The van der Waals surface area contributed by atoms with Gasteiger partial charge in [0.15, 0.2) is 0 Å². The lowest BCUT2D eigenvalue weighted by Gasteiger charge is -2.28. The molecule has 3 nitrogen and oxygen atoms in total. The summed E-state index contributed by atoms with van der Waals surface area (Å²) in [6, 6.07) is 16.3. The molecule has 1 saturated carbocycles. The largest absolute Gasteiger partial charge is 0.494 e. The lowest BCUT2D eigenvalue weighted by Crippen LogP contribution is -2.24. The van der Waals surface area contributed by atoms with Crippen LogP contribution in [0, 0.1) is 0 Å². The van der Waals surface area contributed by atoms with E-state index in [0.717, 1.165) is 31.4 Å². The Bertz CT molecular complexity index is 725. The highest BCUT2D eigenvalue weighted by Crippen LogP contribution is 2.34. The van der Waals surface area contributed by atoms with Crippen molar-refractivity contribution in [3.8, 4) is 5.75 Å². The third-order valence-corrected chi connectivity index (χ3v) is 5.62. The molecule has 0 radical (unpaired) electrons. The summed E-state index contributed by atoms with van der Waals surface area (Å²) < 4.78 is 11.2. The zero-order chi connectivity index (χ0) is 19.8. The van der Waals surface area contributed by atoms with E-state index in [1.165, 1.54) is 30.4 Å². The van der Waals surface area contributed by atoms with Crippen LogP contribution in [-0.4, -0.2) is 18.7 Å². The van der Waals surface area contributed by atoms with Crippen molar-refractivity contribution in [3.63, 3.8) is 0 Å². The van der Waals surface area contributed by atoms with Crippen LogP contribution in [0.5, 0.6) is 5.75 Å². The highest BCUT2D eigenvalue weighted by molar-refractivity contribution is 5.89. The van der Waals surface area contributed by atoms with E-state index < -0.39 is 0 Å². The highest BCUT2D eigenvalue weighted by Gasteiger charge is 2.25. The van der Waals surface area contributed by atoms with E-state index in [0.29, 0.717) is 18.1 Å². The fourth-order valence-electron chi connectivity index (χ4n) is 3.92. The molecule has 2 aromatic rings. The van der Waals surface area contributed by atoms with E-state index in [1.807, 2.05) is 19.1 Å². The molecule has 0 saturated heterocycles. The Hall–Kier alpha value is -2.29. The first-order chi connectivity index (χ1) is 13.7. The van der Waals surface area contributed by atoms with Crippen LogP contribution in [0.4, 0.5) is 0 Å². The van der Waals surface area contributed by atoms with E-state index >= 15 is 0 Å². The second-order valence-corrected chi connectivity index (χ2v) is 7.68. The normalized spacial score (nSPS) is 19.2. The van der Waals surface area contributed by atoms with Gasteiger partial charge in [-0.1, -0.05) is 37.6 Å². The summed E-state index contributed by atoms with van der Waals surface area (Å²) in [6.07, 6.45) is 7.72. The summed E-state index contributed by atoms with van der Waals surface area (Å²) in [5, 5.41) is 0. The van der Waals surface area contributed by atoms with Crippen LogP contribution in [0.15, 0.2) is 48.5 Å². The number of ether oxygens (including phenoxy) is 2. The maximum Gasteiger partial charge on any atom is 0.338 e. The topological polar surface area (TPSA) is 35.5 Å². The van der Waals surface area contributed by atoms with Gasteiger partial charge in [0.1, 0.15) is 11.9 Å². The molecule has 0 spiro atoms. The van der Waals surface area contributed by atoms with Crippen molar-refractivity contribution in [1.29, 1.82) is 0 Å². The Morgan fingerprint density at radius 1 is 0.929 bits per heavy atom. The number of hydrogen-bond donors (Lipinski definition) is 0. The van der Waals surface area contributed by atoms with Gasteiger partial charge in [0.2, 0.25) is 0 Å². The van der Waals surface area contributed by atoms with Gasteiger partial charge in [-0.2, -0.15) is 0 Å². The van der Waals surface area contributed by atoms with E-state index in [-0.39, 0.29) is 12.1 Å².